The second kappa shape index (κ2) is 13.2. The normalized spacial score (nSPS) is 18.9. The quantitative estimate of drug-likeness (QED) is 0.220. The predicted octanol–water partition coefficient (Wildman–Crippen LogP) is 4.74. The molecule has 0 aliphatic carbocycles. The molecule has 1 aromatic heterocycles. The highest BCUT2D eigenvalue weighted by Gasteiger charge is 2.43. The number of thioether (sulfide) groups is 1. The van der Waals surface area contributed by atoms with Crippen molar-refractivity contribution in [1.29, 1.82) is 0 Å². The summed E-state index contributed by atoms with van der Waals surface area (Å²) in [6.07, 6.45) is 7.98. The molecule has 8 nitrogen and oxygen atoms in total. The lowest BCUT2D eigenvalue weighted by Gasteiger charge is -2.39. The number of rotatable bonds is 11. The van der Waals surface area contributed by atoms with E-state index in [-0.39, 0.29) is 29.9 Å². The van der Waals surface area contributed by atoms with Gasteiger partial charge < -0.3 is 30.6 Å². The van der Waals surface area contributed by atoms with E-state index in [0.29, 0.717) is 12.5 Å². The van der Waals surface area contributed by atoms with Crippen molar-refractivity contribution in [2.75, 3.05) is 43.1 Å². The fourth-order valence-electron chi connectivity index (χ4n) is 6.19. The summed E-state index contributed by atoms with van der Waals surface area (Å²) in [5.74, 6) is 1.10. The number of carbonyl (C=O) groups is 1. The Bertz CT molecular complexity index is 1340. The van der Waals surface area contributed by atoms with E-state index in [9.17, 15) is 9.90 Å². The Morgan fingerprint density at radius 1 is 1.22 bits per heavy atom. The van der Waals surface area contributed by atoms with Gasteiger partial charge in [0.25, 0.3) is 0 Å². The number of aryl methyl sites for hydroxylation is 1. The maximum absolute atomic E-state index is 11.4. The van der Waals surface area contributed by atoms with Crippen LogP contribution in [-0.4, -0.2) is 59.9 Å². The van der Waals surface area contributed by atoms with Crippen LogP contribution in [0, 0.1) is 11.3 Å². The average molecular weight is 576 g/mol. The number of benzene rings is 2. The zero-order valence-electron chi connectivity index (χ0n) is 24.0. The summed E-state index contributed by atoms with van der Waals surface area (Å²) in [7, 11) is 0. The summed E-state index contributed by atoms with van der Waals surface area (Å²) in [6, 6.07) is 17.2. The maximum atomic E-state index is 11.4. The third-order valence-corrected chi connectivity index (χ3v) is 9.34. The van der Waals surface area contributed by atoms with E-state index in [2.05, 4.69) is 75.8 Å². The molecule has 2 fully saturated rings. The second-order valence-corrected chi connectivity index (χ2v) is 12.2. The Kier molecular flexibility index (Phi) is 9.47. The minimum atomic E-state index is -0.341. The summed E-state index contributed by atoms with van der Waals surface area (Å²) in [5, 5.41) is 13.0. The highest BCUT2D eigenvalue weighted by Crippen LogP contribution is 2.41. The number of carbonyl (C=O) groups excluding carboxylic acids is 1. The fourth-order valence-corrected chi connectivity index (χ4v) is 6.65. The van der Waals surface area contributed by atoms with Gasteiger partial charge in [-0.2, -0.15) is 9.97 Å². The number of nitrogen functional groups attached to an aromatic ring is 1. The molecule has 218 valence electrons. The third kappa shape index (κ3) is 6.85. The van der Waals surface area contributed by atoms with Gasteiger partial charge in [-0.1, -0.05) is 43.7 Å². The molecule has 4 N–H and O–H groups in total. The van der Waals surface area contributed by atoms with Crippen molar-refractivity contribution in [1.82, 2.24) is 15.3 Å². The Morgan fingerprint density at radius 2 is 2.05 bits per heavy atom. The van der Waals surface area contributed by atoms with Crippen LogP contribution >= 0.6 is 11.8 Å². The lowest BCUT2D eigenvalue weighted by atomic mass is 9.75. The van der Waals surface area contributed by atoms with Crippen molar-refractivity contribution in [3.8, 4) is 17.0 Å². The Morgan fingerprint density at radius 3 is 2.78 bits per heavy atom. The molecule has 0 saturated carbocycles. The third-order valence-electron chi connectivity index (χ3n) is 8.62. The number of ether oxygens (including phenoxy) is 1. The highest BCUT2D eigenvalue weighted by molar-refractivity contribution is 7.98. The Balaban J connectivity index is 1.28. The number of aromatic nitrogens is 2. The first kappa shape index (κ1) is 29.4. The predicted molar refractivity (Wildman–Crippen MR) is 165 cm³/mol. The minimum Gasteiger partial charge on any atom is -0.473 e. The largest absolute Gasteiger partial charge is 0.473 e. The van der Waals surface area contributed by atoms with Gasteiger partial charge in [-0.15, -0.1) is 11.8 Å². The first-order chi connectivity index (χ1) is 20.0. The van der Waals surface area contributed by atoms with Crippen molar-refractivity contribution in [2.45, 2.75) is 56.6 Å². The van der Waals surface area contributed by atoms with Crippen molar-refractivity contribution in [3.63, 3.8) is 0 Å². The average Bonchev–Trinajstić information content (AvgIpc) is 3.40. The second-order valence-electron chi connectivity index (χ2n) is 11.3. The number of aliphatic hydroxyl groups excluding tert-OH is 1. The van der Waals surface area contributed by atoms with E-state index in [4.69, 9.17) is 10.5 Å². The van der Waals surface area contributed by atoms with E-state index < -0.39 is 0 Å². The van der Waals surface area contributed by atoms with Crippen molar-refractivity contribution < 1.29 is 14.6 Å². The molecule has 2 saturated heterocycles. The number of nitrogens with zero attached hydrogens (tertiary/aromatic N) is 3. The summed E-state index contributed by atoms with van der Waals surface area (Å²) < 4.78 is 6.25. The van der Waals surface area contributed by atoms with Crippen LogP contribution in [0.4, 0.5) is 11.8 Å². The first-order valence-corrected chi connectivity index (χ1v) is 15.8. The zero-order valence-corrected chi connectivity index (χ0v) is 24.8. The molecule has 1 spiro atoms. The lowest BCUT2D eigenvalue weighted by Crippen LogP contribution is -2.41. The number of nitrogens with one attached hydrogen (secondary N) is 1. The van der Waals surface area contributed by atoms with Crippen LogP contribution in [-0.2, 0) is 17.8 Å². The number of anilines is 2. The molecule has 0 amide bonds. The van der Waals surface area contributed by atoms with Gasteiger partial charge in [0.2, 0.25) is 11.8 Å². The van der Waals surface area contributed by atoms with Gasteiger partial charge in [-0.05, 0) is 71.7 Å². The van der Waals surface area contributed by atoms with E-state index in [1.165, 1.54) is 21.6 Å². The number of nitrogens with two attached hydrogens (primary N) is 1. The van der Waals surface area contributed by atoms with Gasteiger partial charge in [0, 0.05) is 36.6 Å². The first-order valence-electron chi connectivity index (χ1n) is 14.5. The van der Waals surface area contributed by atoms with Crippen LogP contribution < -0.4 is 20.7 Å². The highest BCUT2D eigenvalue weighted by atomic mass is 32.2. The van der Waals surface area contributed by atoms with E-state index in [0.717, 1.165) is 69.4 Å². The van der Waals surface area contributed by atoms with Gasteiger partial charge >= 0.3 is 0 Å². The van der Waals surface area contributed by atoms with E-state index in [1.54, 1.807) is 11.8 Å². The van der Waals surface area contributed by atoms with Crippen LogP contribution in [0.2, 0.25) is 0 Å². The number of hydrogen-bond donors (Lipinski definition) is 3. The maximum Gasteiger partial charge on any atom is 0.225 e. The molecular formula is C32H41N5O3S. The SMILES string of the molecule is CCCc1ccc(COc2cc(N3CCC4(CC3)CNC([C@@H](C=O)CO)C4)nc(N)n2)c(-c2cccc(SC)c2)c1. The number of aldehydes is 1. The molecule has 2 aliphatic heterocycles. The van der Waals surface area contributed by atoms with Crippen molar-refractivity contribution in [3.05, 3.63) is 59.7 Å². The summed E-state index contributed by atoms with van der Waals surface area (Å²) in [6.45, 7) is 5.01. The number of piperidine rings is 1. The number of aliphatic hydroxyl groups is 1. The van der Waals surface area contributed by atoms with Crippen LogP contribution in [0.15, 0.2) is 53.4 Å². The van der Waals surface area contributed by atoms with Crippen LogP contribution in [0.1, 0.15) is 43.7 Å². The van der Waals surface area contributed by atoms with Crippen molar-refractivity contribution >= 4 is 29.8 Å². The van der Waals surface area contributed by atoms with Gasteiger partial charge in [-0.3, -0.25) is 0 Å². The zero-order chi connectivity index (χ0) is 28.8. The Labute approximate surface area is 247 Å². The van der Waals surface area contributed by atoms with Gasteiger partial charge in [0.15, 0.2) is 0 Å². The van der Waals surface area contributed by atoms with Crippen LogP contribution in [0.25, 0.3) is 11.1 Å². The molecule has 41 heavy (non-hydrogen) atoms. The summed E-state index contributed by atoms with van der Waals surface area (Å²) >= 11 is 1.74. The number of hydrogen-bond acceptors (Lipinski definition) is 9. The van der Waals surface area contributed by atoms with Crippen LogP contribution in [0.3, 0.4) is 0 Å². The molecular weight excluding hydrogens is 534 g/mol. The molecule has 9 heteroatoms. The molecule has 0 radical (unpaired) electrons. The standard InChI is InChI=1S/C32H41N5O3S/c1-3-5-22-8-9-24(27(14-22)23-6-4-7-26(15-23)41-2)20-40-30-16-29(35-31(33)36-30)37-12-10-32(11-13-37)17-28(34-21-32)25(18-38)19-39/h4,6-9,14-16,18,25,28,34,39H,3,5,10-13,17,19-21H2,1-2H3,(H2,33,35,36)/t25-,28?/m0/s1. The molecule has 3 aromatic rings. The van der Waals surface area contributed by atoms with Gasteiger partial charge in [0.1, 0.15) is 18.7 Å². The molecule has 2 atom stereocenters. The summed E-state index contributed by atoms with van der Waals surface area (Å²) in [5.41, 5.74) is 11.1. The minimum absolute atomic E-state index is 0.0443. The molecule has 3 heterocycles. The van der Waals surface area contributed by atoms with E-state index >= 15 is 0 Å². The molecule has 0 bridgehead atoms. The Hall–Kier alpha value is -3.14. The monoisotopic (exact) mass is 575 g/mol. The van der Waals surface area contributed by atoms with Gasteiger partial charge in [0.05, 0.1) is 12.5 Å². The fraction of sp³-hybridized carbons (Fsp3) is 0.469. The van der Waals surface area contributed by atoms with Crippen molar-refractivity contribution in [2.24, 2.45) is 11.3 Å². The topological polar surface area (TPSA) is 114 Å². The molecule has 2 aliphatic rings. The molecule has 1 unspecified atom stereocenters. The van der Waals surface area contributed by atoms with E-state index in [1.807, 2.05) is 6.07 Å². The lowest BCUT2D eigenvalue weighted by molar-refractivity contribution is -0.113. The molecule has 2 aromatic carbocycles. The van der Waals surface area contributed by atoms with Crippen LogP contribution in [0.5, 0.6) is 5.88 Å². The van der Waals surface area contributed by atoms with Gasteiger partial charge in [-0.25, -0.2) is 0 Å². The smallest absolute Gasteiger partial charge is 0.225 e. The molecule has 5 rings (SSSR count). The summed E-state index contributed by atoms with van der Waals surface area (Å²) in [4.78, 5) is 23.7.